The Labute approximate surface area is 151 Å². The number of hydrogen-bond acceptors (Lipinski definition) is 5. The van der Waals surface area contributed by atoms with Crippen LogP contribution in [-0.4, -0.2) is 27.2 Å². The van der Waals surface area contributed by atoms with Gasteiger partial charge in [-0.1, -0.05) is 18.2 Å². The van der Waals surface area contributed by atoms with Crippen LogP contribution in [-0.2, 0) is 0 Å². The molecule has 1 amide bonds. The summed E-state index contributed by atoms with van der Waals surface area (Å²) in [5.41, 5.74) is 1.14. The number of carbonyl (C=O) groups is 1. The van der Waals surface area contributed by atoms with E-state index in [4.69, 9.17) is 18.6 Å². The molecular weight excluding hydrogens is 334 g/mol. The fourth-order valence-corrected chi connectivity index (χ4v) is 2.84. The molecule has 1 aromatic heterocycles. The van der Waals surface area contributed by atoms with Crippen LogP contribution in [0, 0.1) is 0 Å². The molecule has 0 aliphatic heterocycles. The fraction of sp³-hybridized carbons (Fsp3) is 0.250. The third kappa shape index (κ3) is 3.18. The summed E-state index contributed by atoms with van der Waals surface area (Å²) in [6.45, 7) is 1.86. The van der Waals surface area contributed by atoms with Gasteiger partial charge in [-0.15, -0.1) is 0 Å². The Morgan fingerprint density at radius 3 is 2.38 bits per heavy atom. The molecule has 6 heteroatoms. The number of rotatable bonds is 6. The Hall–Kier alpha value is -3.15. The normalized spacial score (nSPS) is 11.8. The van der Waals surface area contributed by atoms with Crippen molar-refractivity contribution in [2.75, 3.05) is 21.3 Å². The maximum Gasteiger partial charge on any atom is 0.255 e. The molecule has 0 aliphatic rings. The van der Waals surface area contributed by atoms with Crippen molar-refractivity contribution in [3.63, 3.8) is 0 Å². The van der Waals surface area contributed by atoms with Gasteiger partial charge in [0.25, 0.3) is 5.91 Å². The zero-order valence-corrected chi connectivity index (χ0v) is 15.2. The Morgan fingerprint density at radius 1 is 1.00 bits per heavy atom. The van der Waals surface area contributed by atoms with Crippen LogP contribution in [0.2, 0.25) is 0 Å². The van der Waals surface area contributed by atoms with Gasteiger partial charge in [0.1, 0.15) is 11.3 Å². The number of methoxy groups -OCH3 is 3. The van der Waals surface area contributed by atoms with Gasteiger partial charge >= 0.3 is 0 Å². The lowest BCUT2D eigenvalue weighted by molar-refractivity contribution is 0.0932. The average Bonchev–Trinajstić information content (AvgIpc) is 3.10. The van der Waals surface area contributed by atoms with E-state index in [1.807, 2.05) is 37.3 Å². The second-order valence-corrected chi connectivity index (χ2v) is 5.76. The summed E-state index contributed by atoms with van der Waals surface area (Å²) in [6, 6.07) is 12.6. The molecule has 0 spiro atoms. The number of hydrogen-bond donors (Lipinski definition) is 1. The molecule has 0 aliphatic carbocycles. The van der Waals surface area contributed by atoms with Crippen LogP contribution in [0.15, 0.2) is 46.9 Å². The lowest BCUT2D eigenvalue weighted by Gasteiger charge is -2.17. The van der Waals surface area contributed by atoms with Gasteiger partial charge in [0, 0.05) is 5.39 Å². The first-order chi connectivity index (χ1) is 12.6. The van der Waals surface area contributed by atoms with Gasteiger partial charge < -0.3 is 23.9 Å². The molecule has 2 aromatic carbocycles. The smallest absolute Gasteiger partial charge is 0.255 e. The molecule has 0 saturated heterocycles. The lowest BCUT2D eigenvalue weighted by atomic mass is 10.1. The minimum Gasteiger partial charge on any atom is -0.493 e. The van der Waals surface area contributed by atoms with Crippen molar-refractivity contribution in [3.05, 3.63) is 53.8 Å². The number of amides is 1. The molecule has 136 valence electrons. The van der Waals surface area contributed by atoms with Gasteiger partial charge in [-0.25, -0.2) is 0 Å². The predicted molar refractivity (Wildman–Crippen MR) is 98.2 cm³/mol. The molecule has 1 heterocycles. The fourth-order valence-electron chi connectivity index (χ4n) is 2.84. The van der Waals surface area contributed by atoms with Crippen LogP contribution in [0.1, 0.15) is 29.1 Å². The van der Waals surface area contributed by atoms with Crippen LogP contribution >= 0.6 is 0 Å². The second-order valence-electron chi connectivity index (χ2n) is 5.76. The minimum atomic E-state index is -0.312. The van der Waals surface area contributed by atoms with Gasteiger partial charge in [0.05, 0.1) is 32.9 Å². The zero-order chi connectivity index (χ0) is 18.7. The van der Waals surface area contributed by atoms with E-state index >= 15 is 0 Å². The number of fused-ring (bicyclic) bond motifs is 1. The Balaban J connectivity index is 1.87. The highest BCUT2D eigenvalue weighted by Crippen LogP contribution is 2.39. The Kier molecular flexibility index (Phi) is 5.02. The highest BCUT2D eigenvalue weighted by Gasteiger charge is 2.22. The maximum absolute atomic E-state index is 12.8. The average molecular weight is 355 g/mol. The van der Waals surface area contributed by atoms with Crippen molar-refractivity contribution in [1.82, 2.24) is 5.32 Å². The summed E-state index contributed by atoms with van der Waals surface area (Å²) in [5, 5.41) is 3.92. The van der Waals surface area contributed by atoms with E-state index in [0.29, 0.717) is 28.6 Å². The number of ether oxygens (including phenoxy) is 3. The molecule has 3 rings (SSSR count). The SMILES string of the molecule is COc1ccc(C(=O)NC(C)c2cc3ccccc3o2)c(OC)c1OC. The summed E-state index contributed by atoms with van der Waals surface area (Å²) >= 11 is 0. The molecule has 26 heavy (non-hydrogen) atoms. The molecule has 1 unspecified atom stereocenters. The van der Waals surface area contributed by atoms with Crippen LogP contribution in [0.3, 0.4) is 0 Å². The van der Waals surface area contributed by atoms with E-state index in [-0.39, 0.29) is 11.9 Å². The van der Waals surface area contributed by atoms with Crippen LogP contribution in [0.5, 0.6) is 17.2 Å². The molecule has 0 fully saturated rings. The largest absolute Gasteiger partial charge is 0.493 e. The van der Waals surface area contributed by atoms with Crippen LogP contribution in [0.4, 0.5) is 0 Å². The maximum atomic E-state index is 12.8. The summed E-state index contributed by atoms with van der Waals surface area (Å²) in [7, 11) is 4.51. The van der Waals surface area contributed by atoms with E-state index in [2.05, 4.69) is 5.32 Å². The molecule has 1 atom stereocenters. The molecule has 0 bridgehead atoms. The van der Waals surface area contributed by atoms with Gasteiger partial charge in [0.15, 0.2) is 11.5 Å². The molecule has 1 N–H and O–H groups in total. The highest BCUT2D eigenvalue weighted by atomic mass is 16.5. The standard InChI is InChI=1S/C20H21NO5/c1-12(17-11-13-7-5-6-8-15(13)26-17)21-20(22)14-9-10-16(23-2)19(25-4)18(14)24-3/h5-12H,1-4H3,(H,21,22). The van der Waals surface area contributed by atoms with E-state index in [0.717, 1.165) is 11.0 Å². The van der Waals surface area contributed by atoms with Crippen molar-refractivity contribution in [2.45, 2.75) is 13.0 Å². The van der Waals surface area contributed by atoms with E-state index < -0.39 is 0 Å². The first-order valence-corrected chi connectivity index (χ1v) is 8.17. The van der Waals surface area contributed by atoms with Crippen LogP contribution in [0.25, 0.3) is 11.0 Å². The lowest BCUT2D eigenvalue weighted by Crippen LogP contribution is -2.26. The van der Waals surface area contributed by atoms with Crippen LogP contribution < -0.4 is 19.5 Å². The van der Waals surface area contributed by atoms with Crippen molar-refractivity contribution in [1.29, 1.82) is 0 Å². The van der Waals surface area contributed by atoms with E-state index in [9.17, 15) is 4.79 Å². The van der Waals surface area contributed by atoms with Crippen molar-refractivity contribution in [3.8, 4) is 17.2 Å². The highest BCUT2D eigenvalue weighted by molar-refractivity contribution is 5.98. The zero-order valence-electron chi connectivity index (χ0n) is 15.2. The number of carbonyl (C=O) groups excluding carboxylic acids is 1. The van der Waals surface area contributed by atoms with Gasteiger partial charge in [-0.3, -0.25) is 4.79 Å². The quantitative estimate of drug-likeness (QED) is 0.725. The van der Waals surface area contributed by atoms with E-state index in [1.54, 1.807) is 12.1 Å². The third-order valence-electron chi connectivity index (χ3n) is 4.17. The third-order valence-corrected chi connectivity index (χ3v) is 4.17. The molecular formula is C20H21NO5. The number of para-hydroxylation sites is 1. The number of furan rings is 1. The molecule has 6 nitrogen and oxygen atoms in total. The van der Waals surface area contributed by atoms with Gasteiger partial charge in [-0.2, -0.15) is 0 Å². The molecule has 3 aromatic rings. The van der Waals surface area contributed by atoms with Gasteiger partial charge in [-0.05, 0) is 31.2 Å². The first kappa shape index (κ1) is 17.7. The van der Waals surface area contributed by atoms with Crippen molar-refractivity contribution >= 4 is 16.9 Å². The monoisotopic (exact) mass is 355 g/mol. The minimum absolute atomic E-state index is 0.296. The van der Waals surface area contributed by atoms with Crippen molar-refractivity contribution < 1.29 is 23.4 Å². The number of nitrogens with one attached hydrogen (secondary N) is 1. The predicted octanol–water partition coefficient (Wildman–Crippen LogP) is 3.95. The van der Waals surface area contributed by atoms with Gasteiger partial charge in [0.2, 0.25) is 5.75 Å². The Bertz CT molecular complexity index is 898. The second kappa shape index (κ2) is 7.39. The summed E-state index contributed by atoms with van der Waals surface area (Å²) < 4.78 is 21.8. The topological polar surface area (TPSA) is 69.9 Å². The summed E-state index contributed by atoms with van der Waals surface area (Å²) in [6.07, 6.45) is 0. The summed E-state index contributed by atoms with van der Waals surface area (Å²) in [5.74, 6) is 1.57. The summed E-state index contributed by atoms with van der Waals surface area (Å²) in [4.78, 5) is 12.8. The first-order valence-electron chi connectivity index (χ1n) is 8.17. The molecule has 0 radical (unpaired) electrons. The molecule has 0 saturated carbocycles. The van der Waals surface area contributed by atoms with E-state index in [1.165, 1.54) is 21.3 Å². The van der Waals surface area contributed by atoms with Crippen molar-refractivity contribution in [2.24, 2.45) is 0 Å². The Morgan fingerprint density at radius 2 is 1.73 bits per heavy atom. The number of benzene rings is 2.